The first kappa shape index (κ1) is 12.2. The maximum Gasteiger partial charge on any atom is 0.123 e. The predicted molar refractivity (Wildman–Crippen MR) is 75.4 cm³/mol. The van der Waals surface area contributed by atoms with Gasteiger partial charge >= 0.3 is 0 Å². The van der Waals surface area contributed by atoms with E-state index < -0.39 is 0 Å². The van der Waals surface area contributed by atoms with E-state index in [4.69, 9.17) is 15.0 Å². The second kappa shape index (κ2) is 5.02. The van der Waals surface area contributed by atoms with Crippen LogP contribution in [0.1, 0.15) is 29.3 Å². The molecule has 0 spiro atoms. The van der Waals surface area contributed by atoms with Gasteiger partial charge in [0.2, 0.25) is 0 Å². The molecular weight excluding hydrogens is 256 g/mol. The first-order valence-corrected chi connectivity index (χ1v) is 7.14. The zero-order chi connectivity index (χ0) is 13.2. The number of hydrogen-bond donors (Lipinski definition) is 0. The molecule has 3 rings (SSSR count). The molecule has 0 radical (unpaired) electrons. The van der Waals surface area contributed by atoms with Crippen LogP contribution in [0.3, 0.4) is 0 Å². The highest BCUT2D eigenvalue weighted by molar-refractivity contribution is 7.15. The molecule has 1 heterocycles. The van der Waals surface area contributed by atoms with Crippen molar-refractivity contribution in [1.82, 2.24) is 4.98 Å². The van der Waals surface area contributed by atoms with E-state index in [1.807, 2.05) is 24.3 Å². The van der Waals surface area contributed by atoms with Gasteiger partial charge in [-0.05, 0) is 37.1 Å². The number of nitrogens with zero attached hydrogens (tertiary/aromatic N) is 2. The lowest BCUT2D eigenvalue weighted by Crippen LogP contribution is -1.86. The fourth-order valence-electron chi connectivity index (χ4n) is 2.09. The van der Waals surface area contributed by atoms with Gasteiger partial charge in [0, 0.05) is 16.4 Å². The van der Waals surface area contributed by atoms with Crippen LogP contribution in [0.2, 0.25) is 0 Å². The van der Waals surface area contributed by atoms with Gasteiger partial charge in [-0.1, -0.05) is 0 Å². The summed E-state index contributed by atoms with van der Waals surface area (Å²) in [5, 5.41) is 9.92. The Labute approximate surface area is 116 Å². The van der Waals surface area contributed by atoms with Crippen LogP contribution in [-0.4, -0.2) is 12.1 Å². The Balaban J connectivity index is 1.95. The molecule has 1 saturated carbocycles. The zero-order valence-corrected chi connectivity index (χ0v) is 11.5. The van der Waals surface area contributed by atoms with E-state index >= 15 is 0 Å². The molecule has 1 aromatic heterocycles. The van der Waals surface area contributed by atoms with Crippen molar-refractivity contribution in [3.63, 3.8) is 0 Å². The Kier molecular flexibility index (Phi) is 3.22. The molecule has 1 aromatic carbocycles. The largest absolute Gasteiger partial charge is 0.497 e. The number of nitriles is 1. The van der Waals surface area contributed by atoms with Gasteiger partial charge < -0.3 is 4.74 Å². The average molecular weight is 270 g/mol. The molecule has 0 unspecified atom stereocenters. The maximum atomic E-state index is 8.91. The lowest BCUT2D eigenvalue weighted by Gasteiger charge is -2.00. The molecule has 0 N–H and O–H groups in total. The van der Waals surface area contributed by atoms with Crippen LogP contribution in [0.25, 0.3) is 10.6 Å². The molecule has 1 fully saturated rings. The molecular formula is C15H14N2OS. The van der Waals surface area contributed by atoms with Gasteiger partial charge in [-0.2, -0.15) is 5.26 Å². The summed E-state index contributed by atoms with van der Waals surface area (Å²) in [6.45, 7) is 0. The molecule has 1 aliphatic carbocycles. The van der Waals surface area contributed by atoms with E-state index in [-0.39, 0.29) is 0 Å². The Morgan fingerprint density at radius 3 is 2.68 bits per heavy atom. The van der Waals surface area contributed by atoms with Gasteiger partial charge in [-0.15, -0.1) is 11.3 Å². The highest BCUT2D eigenvalue weighted by atomic mass is 32.1. The second-order valence-corrected chi connectivity index (χ2v) is 5.75. The molecule has 0 amide bonds. The molecule has 19 heavy (non-hydrogen) atoms. The van der Waals surface area contributed by atoms with Crippen molar-refractivity contribution in [2.24, 2.45) is 0 Å². The smallest absolute Gasteiger partial charge is 0.123 e. The van der Waals surface area contributed by atoms with Crippen LogP contribution in [-0.2, 0) is 6.42 Å². The number of hydrogen-bond acceptors (Lipinski definition) is 4. The third-order valence-electron chi connectivity index (χ3n) is 3.27. The lowest BCUT2D eigenvalue weighted by atomic mass is 10.2. The summed E-state index contributed by atoms with van der Waals surface area (Å²) < 4.78 is 5.16. The van der Waals surface area contributed by atoms with E-state index in [0.717, 1.165) is 26.9 Å². The van der Waals surface area contributed by atoms with E-state index in [0.29, 0.717) is 12.3 Å². The molecule has 3 nitrogen and oxygen atoms in total. The summed E-state index contributed by atoms with van der Waals surface area (Å²) in [4.78, 5) is 5.88. The normalized spacial score (nSPS) is 14.1. The highest BCUT2D eigenvalue weighted by Gasteiger charge is 2.29. The van der Waals surface area contributed by atoms with Gasteiger partial charge in [0.25, 0.3) is 0 Å². The summed E-state index contributed by atoms with van der Waals surface area (Å²) in [6.07, 6.45) is 2.90. The summed E-state index contributed by atoms with van der Waals surface area (Å²) >= 11 is 1.64. The quantitative estimate of drug-likeness (QED) is 0.849. The number of ether oxygens (including phenoxy) is 1. The lowest BCUT2D eigenvalue weighted by molar-refractivity contribution is 0.415. The Hall–Kier alpha value is -1.86. The molecule has 96 valence electrons. The number of benzene rings is 1. The van der Waals surface area contributed by atoms with Crippen molar-refractivity contribution in [2.75, 3.05) is 7.11 Å². The van der Waals surface area contributed by atoms with Crippen LogP contribution < -0.4 is 4.74 Å². The predicted octanol–water partition coefficient (Wildman–Crippen LogP) is 3.76. The van der Waals surface area contributed by atoms with Crippen LogP contribution in [0.4, 0.5) is 0 Å². The third kappa shape index (κ3) is 2.47. The molecule has 1 aliphatic rings. The number of thiazole rings is 1. The van der Waals surface area contributed by atoms with Crippen molar-refractivity contribution < 1.29 is 4.74 Å². The number of aromatic nitrogens is 1. The van der Waals surface area contributed by atoms with Crippen LogP contribution in [0, 0.1) is 11.3 Å². The molecule has 0 saturated heterocycles. The summed E-state index contributed by atoms with van der Waals surface area (Å²) in [5.74, 6) is 1.44. The molecule has 0 bridgehead atoms. The van der Waals surface area contributed by atoms with Crippen molar-refractivity contribution in [1.29, 1.82) is 5.26 Å². The molecule has 0 aliphatic heterocycles. The van der Waals surface area contributed by atoms with Gasteiger partial charge in [-0.25, -0.2) is 4.98 Å². The SMILES string of the molecule is COc1ccc(-c2nc(C3CC3)c(CC#N)s2)cc1. The number of methoxy groups -OCH3 is 1. The zero-order valence-electron chi connectivity index (χ0n) is 10.7. The minimum atomic E-state index is 0.472. The fourth-order valence-corrected chi connectivity index (χ4v) is 3.18. The van der Waals surface area contributed by atoms with Crippen molar-refractivity contribution in [3.05, 3.63) is 34.8 Å². The van der Waals surface area contributed by atoms with Crippen LogP contribution in [0.15, 0.2) is 24.3 Å². The molecule has 4 heteroatoms. The van der Waals surface area contributed by atoms with Crippen LogP contribution in [0.5, 0.6) is 5.75 Å². The minimum Gasteiger partial charge on any atom is -0.497 e. The van der Waals surface area contributed by atoms with E-state index in [9.17, 15) is 0 Å². The second-order valence-electron chi connectivity index (χ2n) is 4.67. The summed E-state index contributed by atoms with van der Waals surface area (Å²) in [6, 6.07) is 10.2. The van der Waals surface area contributed by atoms with E-state index in [1.54, 1.807) is 18.4 Å². The third-order valence-corrected chi connectivity index (χ3v) is 4.39. The topological polar surface area (TPSA) is 45.9 Å². The molecule has 2 aromatic rings. The van der Waals surface area contributed by atoms with Gasteiger partial charge in [0.05, 0.1) is 25.3 Å². The summed E-state index contributed by atoms with van der Waals surface area (Å²) in [5.41, 5.74) is 2.24. The van der Waals surface area contributed by atoms with E-state index in [1.165, 1.54) is 12.8 Å². The first-order valence-electron chi connectivity index (χ1n) is 6.33. The molecule has 0 atom stereocenters. The van der Waals surface area contributed by atoms with Gasteiger partial charge in [0.1, 0.15) is 10.8 Å². The maximum absolute atomic E-state index is 8.91. The minimum absolute atomic E-state index is 0.472. The average Bonchev–Trinajstić information content (AvgIpc) is 3.21. The number of rotatable bonds is 4. The Bertz CT molecular complexity index is 621. The Morgan fingerprint density at radius 1 is 1.37 bits per heavy atom. The highest BCUT2D eigenvalue weighted by Crippen LogP contribution is 2.44. The fraction of sp³-hybridized carbons (Fsp3) is 0.333. The van der Waals surface area contributed by atoms with Crippen molar-refractivity contribution in [2.45, 2.75) is 25.2 Å². The standard InChI is InChI=1S/C15H14N2OS/c1-18-12-6-4-11(5-7-12)15-17-14(10-2-3-10)13(19-15)8-9-16/h4-7,10H,2-3,8H2,1H3. The van der Waals surface area contributed by atoms with E-state index in [2.05, 4.69) is 6.07 Å². The van der Waals surface area contributed by atoms with Crippen molar-refractivity contribution in [3.8, 4) is 22.4 Å². The summed E-state index contributed by atoms with van der Waals surface area (Å²) in [7, 11) is 1.66. The first-order chi connectivity index (χ1) is 9.31. The van der Waals surface area contributed by atoms with Gasteiger partial charge in [-0.3, -0.25) is 0 Å². The Morgan fingerprint density at radius 2 is 2.11 bits per heavy atom. The van der Waals surface area contributed by atoms with Crippen LogP contribution >= 0.6 is 11.3 Å². The van der Waals surface area contributed by atoms with Crippen molar-refractivity contribution >= 4 is 11.3 Å². The van der Waals surface area contributed by atoms with Gasteiger partial charge in [0.15, 0.2) is 0 Å². The monoisotopic (exact) mass is 270 g/mol.